The molecule has 1 atom stereocenters. The van der Waals surface area contributed by atoms with Crippen LogP contribution >= 0.6 is 11.3 Å². The molecule has 122 valence electrons. The minimum absolute atomic E-state index is 0.0215. The van der Waals surface area contributed by atoms with Crippen LogP contribution in [0.3, 0.4) is 0 Å². The average Bonchev–Trinajstić information content (AvgIpc) is 3.31. The van der Waals surface area contributed by atoms with Gasteiger partial charge in [-0.2, -0.15) is 0 Å². The van der Waals surface area contributed by atoms with E-state index in [1.165, 1.54) is 11.3 Å². The summed E-state index contributed by atoms with van der Waals surface area (Å²) in [6.07, 6.45) is 4.07. The van der Waals surface area contributed by atoms with E-state index in [9.17, 15) is 4.79 Å². The third-order valence-corrected chi connectivity index (χ3v) is 5.74. The molecule has 1 aliphatic rings. The largest absolute Gasteiger partial charge is 0.341 e. The number of aromatic nitrogens is 2. The first-order chi connectivity index (χ1) is 11.6. The van der Waals surface area contributed by atoms with Crippen molar-refractivity contribution in [3.8, 4) is 0 Å². The molecule has 1 N–H and O–H groups in total. The quantitative estimate of drug-likeness (QED) is 0.776. The lowest BCUT2D eigenvalue weighted by Crippen LogP contribution is -2.30. The molecule has 0 spiro atoms. The maximum atomic E-state index is 12.8. The van der Waals surface area contributed by atoms with Crippen molar-refractivity contribution in [2.75, 3.05) is 0 Å². The molecule has 2 aromatic heterocycles. The highest BCUT2D eigenvalue weighted by Crippen LogP contribution is 2.41. The van der Waals surface area contributed by atoms with Crippen molar-refractivity contribution in [3.05, 3.63) is 58.4 Å². The van der Waals surface area contributed by atoms with Crippen LogP contribution in [-0.2, 0) is 0 Å². The number of carbonyl (C=O) groups is 1. The lowest BCUT2D eigenvalue weighted by Gasteiger charge is -2.18. The van der Waals surface area contributed by atoms with Crippen molar-refractivity contribution in [3.63, 3.8) is 0 Å². The first kappa shape index (κ1) is 15.3. The van der Waals surface area contributed by atoms with Crippen LogP contribution in [0.5, 0.6) is 0 Å². The normalized spacial score (nSPS) is 15.4. The summed E-state index contributed by atoms with van der Waals surface area (Å²) in [4.78, 5) is 21.8. The molecule has 0 radical (unpaired) electrons. The number of nitrogens with zero attached hydrogens (tertiary/aromatic N) is 2. The van der Waals surface area contributed by atoms with Gasteiger partial charge in [-0.3, -0.25) is 9.78 Å². The Bertz CT molecular complexity index is 914. The van der Waals surface area contributed by atoms with Gasteiger partial charge in [0.15, 0.2) is 5.01 Å². The Labute approximate surface area is 145 Å². The topological polar surface area (TPSA) is 54.9 Å². The molecule has 1 saturated carbocycles. The van der Waals surface area contributed by atoms with Crippen LogP contribution in [0, 0.1) is 19.8 Å². The number of hydrogen-bond donors (Lipinski definition) is 1. The fraction of sp³-hybridized carbons (Fsp3) is 0.316. The SMILES string of the molecule is Cc1cccnc1C(NC(=O)c1nc2cccc(C)c2s1)C1CC1. The molecule has 1 amide bonds. The molecule has 0 saturated heterocycles. The van der Waals surface area contributed by atoms with Gasteiger partial charge in [0.05, 0.1) is 22.0 Å². The van der Waals surface area contributed by atoms with Gasteiger partial charge in [0.1, 0.15) is 0 Å². The maximum absolute atomic E-state index is 12.8. The van der Waals surface area contributed by atoms with Crippen LogP contribution in [-0.4, -0.2) is 15.9 Å². The zero-order chi connectivity index (χ0) is 16.7. The minimum atomic E-state index is -0.0995. The van der Waals surface area contributed by atoms with Gasteiger partial charge in [0.25, 0.3) is 5.91 Å². The zero-order valence-electron chi connectivity index (χ0n) is 13.7. The van der Waals surface area contributed by atoms with E-state index in [0.717, 1.165) is 39.9 Å². The summed E-state index contributed by atoms with van der Waals surface area (Å²) in [6.45, 7) is 4.09. The molecular formula is C19H19N3OS. The molecule has 1 aliphatic carbocycles. The van der Waals surface area contributed by atoms with Crippen molar-refractivity contribution in [1.82, 2.24) is 15.3 Å². The number of carbonyl (C=O) groups excluding carboxylic acids is 1. The molecule has 2 heterocycles. The molecule has 3 aromatic rings. The van der Waals surface area contributed by atoms with Gasteiger partial charge in [-0.25, -0.2) is 4.98 Å². The van der Waals surface area contributed by atoms with E-state index in [1.807, 2.05) is 44.2 Å². The predicted molar refractivity (Wildman–Crippen MR) is 96.3 cm³/mol. The molecule has 0 aliphatic heterocycles. The Hall–Kier alpha value is -2.27. The summed E-state index contributed by atoms with van der Waals surface area (Å²) in [7, 11) is 0. The predicted octanol–water partition coefficient (Wildman–Crippen LogP) is 4.19. The molecule has 4 nitrogen and oxygen atoms in total. The summed E-state index contributed by atoms with van der Waals surface area (Å²) < 4.78 is 1.08. The fourth-order valence-corrected chi connectivity index (χ4v) is 3.99. The van der Waals surface area contributed by atoms with Gasteiger partial charge in [-0.05, 0) is 55.9 Å². The minimum Gasteiger partial charge on any atom is -0.341 e. The van der Waals surface area contributed by atoms with E-state index in [-0.39, 0.29) is 11.9 Å². The highest BCUT2D eigenvalue weighted by Gasteiger charge is 2.35. The van der Waals surface area contributed by atoms with Gasteiger partial charge in [-0.1, -0.05) is 18.2 Å². The first-order valence-electron chi connectivity index (χ1n) is 8.22. The van der Waals surface area contributed by atoms with Crippen LogP contribution in [0.2, 0.25) is 0 Å². The third kappa shape index (κ3) is 2.80. The zero-order valence-corrected chi connectivity index (χ0v) is 14.6. The maximum Gasteiger partial charge on any atom is 0.280 e. The van der Waals surface area contributed by atoms with E-state index in [4.69, 9.17) is 0 Å². The highest BCUT2D eigenvalue weighted by molar-refractivity contribution is 7.20. The Balaban J connectivity index is 1.63. The van der Waals surface area contributed by atoms with Crippen LogP contribution in [0.15, 0.2) is 36.5 Å². The second kappa shape index (κ2) is 5.98. The number of rotatable bonds is 4. The van der Waals surface area contributed by atoms with E-state index in [2.05, 4.69) is 15.3 Å². The van der Waals surface area contributed by atoms with Gasteiger partial charge in [0.2, 0.25) is 0 Å². The summed E-state index contributed by atoms with van der Waals surface area (Å²) in [6, 6.07) is 9.94. The van der Waals surface area contributed by atoms with Gasteiger partial charge in [-0.15, -0.1) is 11.3 Å². The Kier molecular flexibility index (Phi) is 3.81. The van der Waals surface area contributed by atoms with E-state index in [0.29, 0.717) is 10.9 Å². The Morgan fingerprint density at radius 1 is 1.21 bits per heavy atom. The lowest BCUT2D eigenvalue weighted by atomic mass is 10.0. The molecule has 1 fully saturated rings. The average molecular weight is 337 g/mol. The van der Waals surface area contributed by atoms with Crippen molar-refractivity contribution < 1.29 is 4.79 Å². The van der Waals surface area contributed by atoms with Gasteiger partial charge >= 0.3 is 0 Å². The molecule has 24 heavy (non-hydrogen) atoms. The molecule has 4 rings (SSSR count). The first-order valence-corrected chi connectivity index (χ1v) is 9.03. The van der Waals surface area contributed by atoms with Gasteiger partial charge in [0, 0.05) is 6.20 Å². The molecule has 1 aromatic carbocycles. The number of thiazole rings is 1. The molecule has 0 bridgehead atoms. The second-order valence-corrected chi connectivity index (χ2v) is 7.44. The van der Waals surface area contributed by atoms with Crippen LogP contribution in [0.4, 0.5) is 0 Å². The Morgan fingerprint density at radius 2 is 2.00 bits per heavy atom. The number of hydrogen-bond acceptors (Lipinski definition) is 4. The van der Waals surface area contributed by atoms with Crippen LogP contribution < -0.4 is 5.32 Å². The van der Waals surface area contributed by atoms with E-state index < -0.39 is 0 Å². The molecule has 5 heteroatoms. The van der Waals surface area contributed by atoms with Crippen molar-refractivity contribution in [2.45, 2.75) is 32.7 Å². The van der Waals surface area contributed by atoms with Crippen LogP contribution in [0.1, 0.15) is 45.5 Å². The summed E-state index contributed by atoms with van der Waals surface area (Å²) >= 11 is 1.46. The number of benzene rings is 1. The highest BCUT2D eigenvalue weighted by atomic mass is 32.1. The number of nitrogens with one attached hydrogen (secondary N) is 1. The summed E-state index contributed by atoms with van der Waals surface area (Å²) in [5, 5.41) is 3.71. The van der Waals surface area contributed by atoms with Crippen LogP contribution in [0.25, 0.3) is 10.2 Å². The van der Waals surface area contributed by atoms with Gasteiger partial charge < -0.3 is 5.32 Å². The summed E-state index contributed by atoms with van der Waals surface area (Å²) in [5.74, 6) is 0.385. The van der Waals surface area contributed by atoms with E-state index in [1.54, 1.807) is 6.20 Å². The number of amides is 1. The standard InChI is InChI=1S/C19H19N3OS/c1-11-6-4-10-20-15(11)16(13-8-9-13)22-18(23)19-21-14-7-3-5-12(2)17(14)24-19/h3-7,10,13,16H,8-9H2,1-2H3,(H,22,23). The number of pyridine rings is 1. The Morgan fingerprint density at radius 3 is 2.71 bits per heavy atom. The third-order valence-electron chi connectivity index (χ3n) is 4.53. The van der Waals surface area contributed by atoms with Crippen molar-refractivity contribution >= 4 is 27.5 Å². The monoisotopic (exact) mass is 337 g/mol. The summed E-state index contributed by atoms with van der Waals surface area (Å²) in [5.41, 5.74) is 4.14. The van der Waals surface area contributed by atoms with Crippen molar-refractivity contribution in [2.24, 2.45) is 5.92 Å². The smallest absolute Gasteiger partial charge is 0.280 e. The van der Waals surface area contributed by atoms with Crippen molar-refractivity contribution in [1.29, 1.82) is 0 Å². The molecule has 1 unspecified atom stereocenters. The number of aryl methyl sites for hydroxylation is 2. The fourth-order valence-electron chi connectivity index (χ4n) is 3.05. The molecular weight excluding hydrogens is 318 g/mol. The lowest BCUT2D eigenvalue weighted by molar-refractivity contribution is 0.0930. The second-order valence-electron chi connectivity index (χ2n) is 6.44. The number of fused-ring (bicyclic) bond motifs is 1. The van der Waals surface area contributed by atoms with E-state index >= 15 is 0 Å².